The molecule has 2 atom stereocenters. The first-order chi connectivity index (χ1) is 7.72. The average molecular weight is 226 g/mol. The van der Waals surface area contributed by atoms with Crippen LogP contribution < -0.4 is 0 Å². The lowest BCUT2D eigenvalue weighted by Crippen LogP contribution is -2.29. The molecule has 1 aliphatic rings. The molecule has 0 saturated carbocycles. The normalized spacial score (nSPS) is 25.4. The van der Waals surface area contributed by atoms with Crippen LogP contribution in [-0.4, -0.2) is 12.4 Å². The van der Waals surface area contributed by atoms with Crippen LogP contribution in [0.15, 0.2) is 12.3 Å². The molecule has 0 aromatic carbocycles. The minimum absolute atomic E-state index is 0.0394. The van der Waals surface area contributed by atoms with Gasteiger partial charge in [-0.2, -0.15) is 0 Å². The maximum atomic E-state index is 5.89. The quantitative estimate of drug-likeness (QED) is 0.473. The molecule has 16 heavy (non-hydrogen) atoms. The first-order valence-electron chi connectivity index (χ1n) is 6.70. The molecule has 0 radical (unpaired) electrons. The molecule has 0 unspecified atom stereocenters. The minimum atomic E-state index is -0.0394. The van der Waals surface area contributed by atoms with Crippen molar-refractivity contribution in [3.05, 3.63) is 12.3 Å². The Labute approximate surface area is 100 Å². The van der Waals surface area contributed by atoms with Crippen molar-refractivity contribution in [3.63, 3.8) is 0 Å². The van der Waals surface area contributed by atoms with Gasteiger partial charge >= 0.3 is 0 Å². The molecule has 94 valence electrons. The standard InChI is InChI=1S/C14H26O2/c1-4-5-6-7-9-13-10-8-11-14(16-13)15-12(2)3/h13-14H,2,4-11H2,1,3H3/t13-,14-/m0/s1. The Balaban J connectivity index is 2.14. The van der Waals surface area contributed by atoms with E-state index < -0.39 is 0 Å². The molecule has 2 heteroatoms. The number of rotatable bonds is 7. The van der Waals surface area contributed by atoms with E-state index in [1.807, 2.05) is 6.92 Å². The van der Waals surface area contributed by atoms with Crippen LogP contribution >= 0.6 is 0 Å². The summed E-state index contributed by atoms with van der Waals surface area (Å²) in [5.41, 5.74) is 0. The fourth-order valence-electron chi connectivity index (χ4n) is 2.19. The predicted octanol–water partition coefficient (Wildman–Crippen LogP) is 4.40. The highest BCUT2D eigenvalue weighted by Gasteiger charge is 2.22. The van der Waals surface area contributed by atoms with Gasteiger partial charge in [0.2, 0.25) is 0 Å². The van der Waals surface area contributed by atoms with E-state index >= 15 is 0 Å². The zero-order valence-electron chi connectivity index (χ0n) is 10.8. The van der Waals surface area contributed by atoms with Gasteiger partial charge in [0.1, 0.15) is 0 Å². The van der Waals surface area contributed by atoms with E-state index in [0.717, 1.165) is 12.2 Å². The fraction of sp³-hybridized carbons (Fsp3) is 0.857. The van der Waals surface area contributed by atoms with E-state index in [9.17, 15) is 0 Å². The predicted molar refractivity (Wildman–Crippen MR) is 67.2 cm³/mol. The maximum Gasteiger partial charge on any atom is 0.199 e. The van der Waals surface area contributed by atoms with Crippen LogP contribution in [0.5, 0.6) is 0 Å². The van der Waals surface area contributed by atoms with Crippen LogP contribution in [0, 0.1) is 0 Å². The second-order valence-electron chi connectivity index (χ2n) is 4.79. The van der Waals surface area contributed by atoms with Crippen molar-refractivity contribution in [1.82, 2.24) is 0 Å². The van der Waals surface area contributed by atoms with E-state index in [0.29, 0.717) is 6.10 Å². The topological polar surface area (TPSA) is 18.5 Å². The highest BCUT2D eigenvalue weighted by Crippen LogP contribution is 2.24. The molecule has 0 aromatic heterocycles. The first-order valence-corrected chi connectivity index (χ1v) is 6.70. The Morgan fingerprint density at radius 3 is 2.81 bits per heavy atom. The molecular weight excluding hydrogens is 200 g/mol. The third-order valence-corrected chi connectivity index (χ3v) is 3.02. The lowest BCUT2D eigenvalue weighted by Gasteiger charge is -2.30. The minimum Gasteiger partial charge on any atom is -0.470 e. The van der Waals surface area contributed by atoms with Gasteiger partial charge in [0.15, 0.2) is 6.29 Å². The van der Waals surface area contributed by atoms with Crippen molar-refractivity contribution in [2.75, 3.05) is 0 Å². The van der Waals surface area contributed by atoms with E-state index in [1.54, 1.807) is 0 Å². The van der Waals surface area contributed by atoms with Gasteiger partial charge in [-0.15, -0.1) is 0 Å². The maximum absolute atomic E-state index is 5.89. The first kappa shape index (κ1) is 13.6. The van der Waals surface area contributed by atoms with Crippen LogP contribution in [0.3, 0.4) is 0 Å². The van der Waals surface area contributed by atoms with Crippen LogP contribution in [0.25, 0.3) is 0 Å². The summed E-state index contributed by atoms with van der Waals surface area (Å²) in [6.07, 6.45) is 10.3. The summed E-state index contributed by atoms with van der Waals surface area (Å²) in [5, 5.41) is 0. The fourth-order valence-corrected chi connectivity index (χ4v) is 2.19. The molecule has 0 aliphatic carbocycles. The summed E-state index contributed by atoms with van der Waals surface area (Å²) in [6, 6.07) is 0. The van der Waals surface area contributed by atoms with E-state index in [1.165, 1.54) is 44.9 Å². The van der Waals surface area contributed by atoms with Gasteiger partial charge in [0.25, 0.3) is 0 Å². The Morgan fingerprint density at radius 1 is 1.31 bits per heavy atom. The van der Waals surface area contributed by atoms with Crippen LogP contribution in [0.4, 0.5) is 0 Å². The third-order valence-electron chi connectivity index (χ3n) is 3.02. The number of hydrogen-bond acceptors (Lipinski definition) is 2. The number of ether oxygens (including phenoxy) is 2. The van der Waals surface area contributed by atoms with Gasteiger partial charge in [0.05, 0.1) is 11.9 Å². The summed E-state index contributed by atoms with van der Waals surface area (Å²) >= 11 is 0. The van der Waals surface area contributed by atoms with Crippen LogP contribution in [-0.2, 0) is 9.47 Å². The molecule has 1 heterocycles. The van der Waals surface area contributed by atoms with Crippen molar-refractivity contribution in [2.45, 2.75) is 77.6 Å². The van der Waals surface area contributed by atoms with Gasteiger partial charge in [-0.05, 0) is 26.2 Å². The van der Waals surface area contributed by atoms with Gasteiger partial charge in [-0.3, -0.25) is 0 Å². The largest absolute Gasteiger partial charge is 0.470 e. The summed E-state index contributed by atoms with van der Waals surface area (Å²) in [4.78, 5) is 0. The van der Waals surface area contributed by atoms with Crippen molar-refractivity contribution in [2.24, 2.45) is 0 Å². The zero-order chi connectivity index (χ0) is 11.8. The van der Waals surface area contributed by atoms with Gasteiger partial charge in [-0.1, -0.05) is 39.2 Å². The van der Waals surface area contributed by atoms with Crippen LogP contribution in [0.2, 0.25) is 0 Å². The lowest BCUT2D eigenvalue weighted by atomic mass is 10.0. The molecule has 0 aromatic rings. The number of unbranched alkanes of at least 4 members (excludes halogenated alkanes) is 3. The van der Waals surface area contributed by atoms with E-state index in [-0.39, 0.29) is 6.29 Å². The number of allylic oxidation sites excluding steroid dienone is 1. The molecule has 2 nitrogen and oxygen atoms in total. The zero-order valence-corrected chi connectivity index (χ0v) is 10.8. The molecular formula is C14H26O2. The molecule has 0 amide bonds. The molecule has 1 rings (SSSR count). The highest BCUT2D eigenvalue weighted by molar-refractivity contribution is 4.76. The molecule has 0 bridgehead atoms. The molecule has 1 fully saturated rings. The summed E-state index contributed by atoms with van der Waals surface area (Å²) in [7, 11) is 0. The van der Waals surface area contributed by atoms with Crippen molar-refractivity contribution in [3.8, 4) is 0 Å². The number of hydrogen-bond donors (Lipinski definition) is 0. The molecule has 0 spiro atoms. The van der Waals surface area contributed by atoms with Crippen LogP contribution in [0.1, 0.15) is 65.2 Å². The van der Waals surface area contributed by atoms with Gasteiger partial charge in [0, 0.05) is 6.42 Å². The van der Waals surface area contributed by atoms with E-state index in [2.05, 4.69) is 13.5 Å². The Morgan fingerprint density at radius 2 is 2.12 bits per heavy atom. The van der Waals surface area contributed by atoms with Crippen molar-refractivity contribution in [1.29, 1.82) is 0 Å². The van der Waals surface area contributed by atoms with Gasteiger partial charge in [-0.25, -0.2) is 0 Å². The Kier molecular flexibility index (Phi) is 6.55. The van der Waals surface area contributed by atoms with Crippen molar-refractivity contribution < 1.29 is 9.47 Å². The monoisotopic (exact) mass is 226 g/mol. The van der Waals surface area contributed by atoms with Gasteiger partial charge < -0.3 is 9.47 Å². The van der Waals surface area contributed by atoms with Crippen molar-refractivity contribution >= 4 is 0 Å². The SMILES string of the molecule is C=C(C)O[C@@H]1CCC[C@H](CCCCCC)O1. The molecule has 0 N–H and O–H groups in total. The smallest absolute Gasteiger partial charge is 0.199 e. The molecule has 1 saturated heterocycles. The Bertz CT molecular complexity index is 201. The lowest BCUT2D eigenvalue weighted by molar-refractivity contribution is -0.175. The Hall–Kier alpha value is -0.500. The highest BCUT2D eigenvalue weighted by atomic mass is 16.7. The van der Waals surface area contributed by atoms with E-state index in [4.69, 9.17) is 9.47 Å². The second kappa shape index (κ2) is 7.72. The summed E-state index contributed by atoms with van der Waals surface area (Å²) < 4.78 is 11.4. The average Bonchev–Trinajstić information content (AvgIpc) is 2.24. The molecule has 1 aliphatic heterocycles. The third kappa shape index (κ3) is 5.55. The second-order valence-corrected chi connectivity index (χ2v) is 4.79. The summed E-state index contributed by atoms with van der Waals surface area (Å²) in [5.74, 6) is 0.761. The summed E-state index contributed by atoms with van der Waals surface area (Å²) in [6.45, 7) is 7.89.